The Bertz CT molecular complexity index is 751. The van der Waals surface area contributed by atoms with Gasteiger partial charge >= 0.3 is 0 Å². The number of benzene rings is 2. The normalized spacial score (nSPS) is 13.4. The van der Waals surface area contributed by atoms with Gasteiger partial charge in [0.1, 0.15) is 5.75 Å². The van der Waals surface area contributed by atoms with Crippen LogP contribution in [0, 0.1) is 11.3 Å². The molecule has 0 N–H and O–H groups in total. The highest BCUT2D eigenvalue weighted by Gasteiger charge is 2.23. The topological polar surface area (TPSA) is 60.7 Å². The zero-order valence-electron chi connectivity index (χ0n) is 13.0. The van der Waals surface area contributed by atoms with Gasteiger partial charge < -0.3 is 18.9 Å². The molecule has 2 aromatic rings. The maximum atomic E-state index is 9.73. The van der Waals surface area contributed by atoms with E-state index in [1.54, 1.807) is 14.2 Å². The lowest BCUT2D eigenvalue weighted by Gasteiger charge is -2.16. The summed E-state index contributed by atoms with van der Waals surface area (Å²) >= 11 is 0. The van der Waals surface area contributed by atoms with Crippen LogP contribution in [0.1, 0.15) is 22.6 Å². The van der Waals surface area contributed by atoms with Crippen molar-refractivity contribution in [2.45, 2.75) is 12.5 Å². The summed E-state index contributed by atoms with van der Waals surface area (Å²) in [5.74, 6) is 1.62. The molecule has 0 fully saturated rings. The van der Waals surface area contributed by atoms with E-state index in [0.717, 1.165) is 22.4 Å². The summed E-state index contributed by atoms with van der Waals surface area (Å²) in [6.07, 6.45) is 0. The van der Waals surface area contributed by atoms with E-state index in [1.165, 1.54) is 0 Å². The molecule has 5 nitrogen and oxygen atoms in total. The molecule has 0 saturated carbocycles. The van der Waals surface area contributed by atoms with E-state index in [0.29, 0.717) is 18.1 Å². The average Bonchev–Trinajstić information content (AvgIpc) is 3.03. The van der Waals surface area contributed by atoms with Gasteiger partial charge in [-0.05, 0) is 41.0 Å². The Kier molecular flexibility index (Phi) is 4.35. The molecule has 0 spiro atoms. The van der Waals surface area contributed by atoms with Crippen molar-refractivity contribution in [2.24, 2.45) is 0 Å². The van der Waals surface area contributed by atoms with E-state index in [9.17, 15) is 5.26 Å². The number of methoxy groups -OCH3 is 2. The zero-order chi connectivity index (χ0) is 16.2. The Hall–Kier alpha value is -2.71. The van der Waals surface area contributed by atoms with Gasteiger partial charge in [0.05, 0.1) is 25.7 Å². The lowest BCUT2D eigenvalue weighted by Crippen LogP contribution is -2.04. The number of nitrogens with zero attached hydrogens (tertiary/aromatic N) is 1. The average molecular weight is 311 g/mol. The minimum atomic E-state index is -0.440. The number of rotatable bonds is 5. The van der Waals surface area contributed by atoms with Crippen LogP contribution in [0.25, 0.3) is 0 Å². The van der Waals surface area contributed by atoms with Gasteiger partial charge in [-0.25, -0.2) is 0 Å². The highest BCUT2D eigenvalue weighted by Crippen LogP contribution is 2.39. The lowest BCUT2D eigenvalue weighted by atomic mass is 9.89. The molecule has 23 heavy (non-hydrogen) atoms. The Labute approximate surface area is 135 Å². The minimum absolute atomic E-state index is 0.196. The first kappa shape index (κ1) is 15.2. The predicted octanol–water partition coefficient (Wildman–Crippen LogP) is 3.23. The van der Waals surface area contributed by atoms with Crippen molar-refractivity contribution in [1.29, 1.82) is 5.26 Å². The molecule has 0 saturated heterocycles. The maximum Gasteiger partial charge on any atom is 0.231 e. The first-order chi connectivity index (χ1) is 11.3. The van der Waals surface area contributed by atoms with Crippen molar-refractivity contribution in [3.8, 4) is 23.3 Å². The molecule has 118 valence electrons. The molecule has 1 aliphatic heterocycles. The van der Waals surface area contributed by atoms with E-state index >= 15 is 0 Å². The fourth-order valence-electron chi connectivity index (χ4n) is 2.69. The van der Waals surface area contributed by atoms with Gasteiger partial charge in [-0.3, -0.25) is 0 Å². The number of hydrogen-bond acceptors (Lipinski definition) is 5. The molecule has 0 amide bonds. The highest BCUT2D eigenvalue weighted by atomic mass is 16.7. The van der Waals surface area contributed by atoms with E-state index in [1.807, 2.05) is 36.4 Å². The Morgan fingerprint density at radius 1 is 1.17 bits per heavy atom. The van der Waals surface area contributed by atoms with E-state index in [4.69, 9.17) is 18.9 Å². The van der Waals surface area contributed by atoms with Crippen LogP contribution in [0.3, 0.4) is 0 Å². The van der Waals surface area contributed by atoms with Gasteiger partial charge in [-0.2, -0.15) is 5.26 Å². The lowest BCUT2D eigenvalue weighted by molar-refractivity contribution is 0.173. The third kappa shape index (κ3) is 2.94. The third-order valence-corrected chi connectivity index (χ3v) is 3.80. The fraction of sp³-hybridized carbons (Fsp3) is 0.278. The Morgan fingerprint density at radius 2 is 1.96 bits per heavy atom. The molecule has 0 aromatic heterocycles. The number of nitriles is 1. The van der Waals surface area contributed by atoms with Crippen molar-refractivity contribution in [3.05, 3.63) is 53.1 Å². The van der Waals surface area contributed by atoms with Crippen LogP contribution in [0.5, 0.6) is 17.2 Å². The van der Waals surface area contributed by atoms with Crippen molar-refractivity contribution in [3.63, 3.8) is 0 Å². The molecule has 5 heteroatoms. The van der Waals surface area contributed by atoms with Gasteiger partial charge in [-0.1, -0.05) is 12.1 Å². The fourth-order valence-corrected chi connectivity index (χ4v) is 2.69. The van der Waals surface area contributed by atoms with E-state index in [2.05, 4.69) is 6.07 Å². The summed E-state index contributed by atoms with van der Waals surface area (Å²) in [6, 6.07) is 13.6. The summed E-state index contributed by atoms with van der Waals surface area (Å²) in [6.45, 7) is 0.593. The first-order valence-electron chi connectivity index (χ1n) is 7.21. The molecule has 2 aromatic carbocycles. The third-order valence-electron chi connectivity index (χ3n) is 3.80. The molecule has 3 rings (SSSR count). The minimum Gasteiger partial charge on any atom is -0.497 e. The van der Waals surface area contributed by atoms with Crippen LogP contribution in [0.2, 0.25) is 0 Å². The van der Waals surface area contributed by atoms with Crippen molar-refractivity contribution < 1.29 is 18.9 Å². The van der Waals surface area contributed by atoms with Crippen LogP contribution in [0.4, 0.5) is 0 Å². The van der Waals surface area contributed by atoms with Crippen LogP contribution in [0.15, 0.2) is 36.4 Å². The van der Waals surface area contributed by atoms with Crippen LogP contribution >= 0.6 is 0 Å². The highest BCUT2D eigenvalue weighted by molar-refractivity contribution is 5.53. The van der Waals surface area contributed by atoms with Gasteiger partial charge in [0.2, 0.25) is 6.79 Å². The van der Waals surface area contributed by atoms with Crippen molar-refractivity contribution >= 4 is 0 Å². The monoisotopic (exact) mass is 311 g/mol. The molecule has 0 radical (unpaired) electrons. The first-order valence-corrected chi connectivity index (χ1v) is 7.21. The molecule has 1 heterocycles. The van der Waals surface area contributed by atoms with Gasteiger partial charge in [0, 0.05) is 7.11 Å². The largest absolute Gasteiger partial charge is 0.497 e. The summed E-state index contributed by atoms with van der Waals surface area (Å²) in [5, 5.41) is 9.73. The summed E-state index contributed by atoms with van der Waals surface area (Å²) in [4.78, 5) is 0. The second kappa shape index (κ2) is 6.59. The molecule has 0 bridgehead atoms. The standard InChI is InChI=1S/C18H17NO4/c1-20-10-13-7-17-18(23-11-22-17)8-15(13)16(9-19)12-4-3-5-14(6-12)21-2/h3-8,16H,10-11H2,1-2H3. The van der Waals surface area contributed by atoms with Gasteiger partial charge in [0.25, 0.3) is 0 Å². The molecule has 1 aliphatic rings. The molecule has 1 unspecified atom stereocenters. The molecule has 1 atom stereocenters. The van der Waals surface area contributed by atoms with Crippen LogP contribution < -0.4 is 14.2 Å². The smallest absolute Gasteiger partial charge is 0.231 e. The summed E-state index contributed by atoms with van der Waals surface area (Å²) < 4.78 is 21.4. The number of hydrogen-bond donors (Lipinski definition) is 0. The quantitative estimate of drug-likeness (QED) is 0.848. The SMILES string of the molecule is COCc1cc2c(cc1C(C#N)c1cccc(OC)c1)OCO2. The van der Waals surface area contributed by atoms with Crippen molar-refractivity contribution in [1.82, 2.24) is 0 Å². The molecule has 0 aliphatic carbocycles. The zero-order valence-corrected chi connectivity index (χ0v) is 13.0. The second-order valence-corrected chi connectivity index (χ2v) is 5.18. The predicted molar refractivity (Wildman–Crippen MR) is 83.7 cm³/mol. The number of ether oxygens (including phenoxy) is 4. The summed E-state index contributed by atoms with van der Waals surface area (Å²) in [5.41, 5.74) is 2.63. The van der Waals surface area contributed by atoms with Crippen LogP contribution in [-0.4, -0.2) is 21.0 Å². The second-order valence-electron chi connectivity index (χ2n) is 5.18. The Morgan fingerprint density at radius 3 is 2.65 bits per heavy atom. The summed E-state index contributed by atoms with van der Waals surface area (Å²) in [7, 11) is 3.23. The van der Waals surface area contributed by atoms with Crippen molar-refractivity contribution in [2.75, 3.05) is 21.0 Å². The molecular formula is C18H17NO4. The molecular weight excluding hydrogens is 294 g/mol. The van der Waals surface area contributed by atoms with Crippen LogP contribution in [-0.2, 0) is 11.3 Å². The number of fused-ring (bicyclic) bond motifs is 1. The van der Waals surface area contributed by atoms with E-state index in [-0.39, 0.29) is 6.79 Å². The van der Waals surface area contributed by atoms with Gasteiger partial charge in [0.15, 0.2) is 11.5 Å². The van der Waals surface area contributed by atoms with Gasteiger partial charge in [-0.15, -0.1) is 0 Å². The van der Waals surface area contributed by atoms with E-state index < -0.39 is 5.92 Å². The Balaban J connectivity index is 2.08. The maximum absolute atomic E-state index is 9.73.